The minimum absolute atomic E-state index is 0.485. The molecule has 33 heavy (non-hydrogen) atoms. The minimum atomic E-state index is -1.39. The number of hydrogen-bond acceptors (Lipinski definition) is 3. The first kappa shape index (κ1) is 30.9. The molecule has 0 radical (unpaired) electrons. The van der Waals surface area contributed by atoms with Crippen LogP contribution in [-0.2, 0) is 9.59 Å². The maximum absolute atomic E-state index is 11.3. The Balaban J connectivity index is 0.000000621. The van der Waals surface area contributed by atoms with E-state index in [4.69, 9.17) is 0 Å². The van der Waals surface area contributed by atoms with E-state index in [0.717, 1.165) is 17.2 Å². The van der Waals surface area contributed by atoms with Crippen molar-refractivity contribution in [1.29, 1.82) is 0 Å². The number of aryl methyl sites for hydroxylation is 2. The number of carbonyl (C=O) groups excluding carboxylic acids is 2. The first-order valence-electron chi connectivity index (χ1n) is 12.9. The summed E-state index contributed by atoms with van der Waals surface area (Å²) in [5.74, 6) is -1.88. The normalized spacial score (nSPS) is 11.2. The number of amides is 1. The Labute approximate surface area is 202 Å². The third-order valence-electron chi connectivity index (χ3n) is 6.04. The van der Waals surface area contributed by atoms with Gasteiger partial charge < -0.3 is 19.7 Å². The van der Waals surface area contributed by atoms with E-state index in [2.05, 4.69) is 33.0 Å². The van der Waals surface area contributed by atoms with Gasteiger partial charge in [-0.1, -0.05) is 71.6 Å². The number of nitrogens with zero attached hydrogens (tertiary/aromatic N) is 1. The third-order valence-corrected chi connectivity index (χ3v) is 6.04. The maximum Gasteiger partial charge on any atom is 0.248 e. The topological polar surface area (TPSA) is 69.2 Å². The Kier molecular flexibility index (Phi) is 17.1. The zero-order valence-electron chi connectivity index (χ0n) is 22.0. The molecular formula is C28H48N2O3. The van der Waals surface area contributed by atoms with Gasteiger partial charge >= 0.3 is 0 Å². The molecule has 5 nitrogen and oxygen atoms in total. The average Bonchev–Trinajstić information content (AvgIpc) is 2.79. The number of nitrogens with one attached hydrogen (secondary N) is 1. The van der Waals surface area contributed by atoms with Crippen molar-refractivity contribution in [2.24, 2.45) is 0 Å². The molecule has 1 aromatic rings. The van der Waals surface area contributed by atoms with Gasteiger partial charge in [0.25, 0.3) is 0 Å². The minimum Gasteiger partial charge on any atom is -0.545 e. The summed E-state index contributed by atoms with van der Waals surface area (Å²) in [6.45, 7) is 18.8. The van der Waals surface area contributed by atoms with Crippen molar-refractivity contribution >= 4 is 17.6 Å². The average molecular weight is 461 g/mol. The van der Waals surface area contributed by atoms with E-state index in [1.807, 2.05) is 32.0 Å². The van der Waals surface area contributed by atoms with Crippen LogP contribution in [0.3, 0.4) is 0 Å². The van der Waals surface area contributed by atoms with Crippen molar-refractivity contribution in [3.05, 3.63) is 41.5 Å². The summed E-state index contributed by atoms with van der Waals surface area (Å²) in [4.78, 5) is 21.4. The van der Waals surface area contributed by atoms with Crippen LogP contribution in [0.4, 0.5) is 5.69 Å². The molecule has 0 aromatic heterocycles. The van der Waals surface area contributed by atoms with E-state index in [1.165, 1.54) is 82.0 Å². The summed E-state index contributed by atoms with van der Waals surface area (Å²) in [5, 5.41) is 12.7. The van der Waals surface area contributed by atoms with Crippen LogP contribution in [0.1, 0.15) is 90.2 Å². The van der Waals surface area contributed by atoms with Crippen LogP contribution in [0.5, 0.6) is 0 Å². The zero-order chi connectivity index (χ0) is 25.1. The molecule has 0 saturated heterocycles. The highest BCUT2D eigenvalue weighted by Crippen LogP contribution is 2.19. The molecule has 0 aliphatic heterocycles. The van der Waals surface area contributed by atoms with E-state index in [1.54, 1.807) is 0 Å². The number of unbranched alkanes of at least 4 members (excludes halogenated alkanes) is 4. The van der Waals surface area contributed by atoms with Gasteiger partial charge in [0.2, 0.25) is 5.91 Å². The number of rotatable bonds is 15. The Morgan fingerprint density at radius 1 is 0.788 bits per heavy atom. The molecule has 5 heteroatoms. The molecule has 0 saturated carbocycles. The summed E-state index contributed by atoms with van der Waals surface area (Å²) in [5.41, 5.74) is 2.56. The second-order valence-electron chi connectivity index (χ2n) is 9.06. The van der Waals surface area contributed by atoms with E-state index >= 15 is 0 Å². The van der Waals surface area contributed by atoms with Crippen molar-refractivity contribution in [3.8, 4) is 0 Å². The van der Waals surface area contributed by atoms with Crippen molar-refractivity contribution in [1.82, 2.24) is 0 Å². The second kappa shape index (κ2) is 18.3. The predicted octanol–water partition coefficient (Wildman–Crippen LogP) is 5.55. The molecule has 0 aliphatic rings. The molecule has 1 aromatic carbocycles. The Bertz CT molecular complexity index is 655. The van der Waals surface area contributed by atoms with E-state index < -0.39 is 11.9 Å². The van der Waals surface area contributed by atoms with Gasteiger partial charge in [0.05, 0.1) is 32.1 Å². The van der Waals surface area contributed by atoms with Gasteiger partial charge in [-0.3, -0.25) is 4.79 Å². The van der Waals surface area contributed by atoms with E-state index in [9.17, 15) is 14.7 Å². The highest BCUT2D eigenvalue weighted by atomic mass is 16.4. The molecule has 1 amide bonds. The Hall–Kier alpha value is -2.14. The van der Waals surface area contributed by atoms with Gasteiger partial charge in [-0.2, -0.15) is 0 Å². The second-order valence-corrected chi connectivity index (χ2v) is 9.06. The summed E-state index contributed by atoms with van der Waals surface area (Å²) in [7, 11) is 0. The van der Waals surface area contributed by atoms with Gasteiger partial charge in [-0.15, -0.1) is 0 Å². The predicted molar refractivity (Wildman–Crippen MR) is 138 cm³/mol. The van der Waals surface area contributed by atoms with Gasteiger partial charge in [-0.25, -0.2) is 0 Å². The highest BCUT2D eigenvalue weighted by Gasteiger charge is 2.24. The lowest BCUT2D eigenvalue weighted by atomic mass is 10.1. The molecule has 0 unspecified atom stereocenters. The lowest BCUT2D eigenvalue weighted by Gasteiger charge is -2.39. The Morgan fingerprint density at radius 3 is 1.52 bits per heavy atom. The van der Waals surface area contributed by atoms with E-state index in [-0.39, 0.29) is 0 Å². The molecular weight excluding hydrogens is 412 g/mol. The highest BCUT2D eigenvalue weighted by molar-refractivity contribution is 6.02. The molecule has 1 rings (SSSR count). The summed E-state index contributed by atoms with van der Waals surface area (Å²) < 4.78 is 1.42. The smallest absolute Gasteiger partial charge is 0.248 e. The molecule has 0 fully saturated rings. The molecule has 1 N–H and O–H groups in total. The number of para-hydroxylation sites is 1. The number of hydrogen-bond donors (Lipinski definition) is 1. The number of anilines is 1. The lowest BCUT2D eigenvalue weighted by Crippen LogP contribution is -2.50. The first-order valence-corrected chi connectivity index (χ1v) is 12.9. The number of carbonyl (C=O) groups is 2. The number of carboxylic acid groups (broad SMARTS) is 1. The molecule has 0 heterocycles. The van der Waals surface area contributed by atoms with Crippen LogP contribution >= 0.6 is 0 Å². The van der Waals surface area contributed by atoms with Crippen LogP contribution in [0.15, 0.2) is 30.4 Å². The van der Waals surface area contributed by atoms with Crippen molar-refractivity contribution in [3.63, 3.8) is 0 Å². The third kappa shape index (κ3) is 13.9. The summed E-state index contributed by atoms with van der Waals surface area (Å²) in [6, 6.07) is 5.62. The van der Waals surface area contributed by atoms with Crippen molar-refractivity contribution in [2.75, 3.05) is 31.5 Å². The van der Waals surface area contributed by atoms with Crippen molar-refractivity contribution in [2.45, 2.75) is 92.9 Å². The van der Waals surface area contributed by atoms with Crippen LogP contribution in [0.2, 0.25) is 0 Å². The fraction of sp³-hybridized carbons (Fsp3) is 0.643. The maximum atomic E-state index is 11.3. The molecule has 0 aliphatic carbocycles. The van der Waals surface area contributed by atoms with Gasteiger partial charge in [0.15, 0.2) is 0 Å². The largest absolute Gasteiger partial charge is 0.545 e. The molecule has 188 valence electrons. The zero-order valence-corrected chi connectivity index (χ0v) is 22.0. The quantitative estimate of drug-likeness (QED) is 0.275. The number of aliphatic carboxylic acids is 1. The Morgan fingerprint density at radius 2 is 1.18 bits per heavy atom. The fourth-order valence-corrected chi connectivity index (χ4v) is 3.97. The van der Waals surface area contributed by atoms with Crippen LogP contribution in [0.25, 0.3) is 0 Å². The van der Waals surface area contributed by atoms with Gasteiger partial charge in [0, 0.05) is 11.8 Å². The van der Waals surface area contributed by atoms with Crippen molar-refractivity contribution < 1.29 is 19.2 Å². The van der Waals surface area contributed by atoms with Crippen LogP contribution < -0.4 is 10.4 Å². The molecule has 0 atom stereocenters. The summed E-state index contributed by atoms with van der Waals surface area (Å²) >= 11 is 0. The summed E-state index contributed by atoms with van der Waals surface area (Å²) in [6.07, 6.45) is 12.7. The first-order chi connectivity index (χ1) is 15.7. The molecule has 0 bridgehead atoms. The number of carboxylic acids is 1. The monoisotopic (exact) mass is 460 g/mol. The lowest BCUT2D eigenvalue weighted by molar-refractivity contribution is -0.929. The van der Waals surface area contributed by atoms with E-state index in [0.29, 0.717) is 11.8 Å². The standard InChI is InChI=1S/C16H36N.C12H13NO3/c1-5-9-13-17(14-10-6-2,15-11-7-3)16-12-8-4;1-8-4-3-5-9(2)12(8)13-10(14)6-7-11(15)16/h5-16H2,1-4H3;3-7H,1-2H3,(H,13,14)(H,15,16)/q+1;/p-1/b;7-6-. The SMILES string of the molecule is CCCC[N+](CCCC)(CCCC)CCCC.Cc1cccc(C)c1NC(=O)/C=C\C(=O)[O-]. The van der Waals surface area contributed by atoms with Gasteiger partial charge in [0.1, 0.15) is 0 Å². The van der Waals surface area contributed by atoms with Crippen LogP contribution in [-0.4, -0.2) is 42.5 Å². The number of benzene rings is 1. The fourth-order valence-electron chi connectivity index (χ4n) is 3.97. The van der Waals surface area contributed by atoms with Crippen LogP contribution in [0, 0.1) is 13.8 Å². The number of quaternary nitrogens is 1. The van der Waals surface area contributed by atoms with Gasteiger partial charge in [-0.05, 0) is 56.7 Å². The molecule has 0 spiro atoms.